The number of halogens is 1. The van der Waals surface area contributed by atoms with E-state index < -0.39 is 5.54 Å². The van der Waals surface area contributed by atoms with Crippen LogP contribution >= 0.6 is 24.2 Å². The summed E-state index contributed by atoms with van der Waals surface area (Å²) in [5, 5.41) is 0. The normalized spacial score (nSPS) is 29.3. The van der Waals surface area contributed by atoms with Crippen molar-refractivity contribution >= 4 is 30.1 Å². The Hall–Kier alpha value is 0.0700. The Morgan fingerprint density at radius 1 is 1.73 bits per heavy atom. The number of rotatable bonds is 1. The number of thioether (sulfide) groups is 1. The molecule has 0 amide bonds. The first-order valence-electron chi connectivity index (χ1n) is 3.14. The van der Waals surface area contributed by atoms with E-state index in [4.69, 9.17) is 5.73 Å². The van der Waals surface area contributed by atoms with Crippen molar-refractivity contribution in [2.45, 2.75) is 12.0 Å². The SMILES string of the molecule is COC(=O)C1(N)CCSC1.Cl. The van der Waals surface area contributed by atoms with Crippen LogP contribution in [0, 0.1) is 0 Å². The van der Waals surface area contributed by atoms with Crippen molar-refractivity contribution in [1.29, 1.82) is 0 Å². The van der Waals surface area contributed by atoms with Gasteiger partial charge in [0.1, 0.15) is 5.54 Å². The Labute approximate surface area is 76.4 Å². The Bertz CT molecular complexity index is 148. The molecule has 1 saturated heterocycles. The summed E-state index contributed by atoms with van der Waals surface area (Å²) in [6, 6.07) is 0. The fourth-order valence-corrected chi connectivity index (χ4v) is 2.22. The highest BCUT2D eigenvalue weighted by Gasteiger charge is 2.38. The standard InChI is InChI=1S/C6H11NO2S.ClH/c1-9-5(8)6(7)2-3-10-4-6;/h2-4,7H2,1H3;1H. The number of nitrogens with two attached hydrogens (primary N) is 1. The van der Waals surface area contributed by atoms with Crippen molar-refractivity contribution < 1.29 is 9.53 Å². The highest BCUT2D eigenvalue weighted by atomic mass is 35.5. The van der Waals surface area contributed by atoms with E-state index in [0.717, 1.165) is 12.2 Å². The lowest BCUT2D eigenvalue weighted by Gasteiger charge is -2.18. The molecule has 1 aliphatic rings. The Morgan fingerprint density at radius 3 is 2.73 bits per heavy atom. The van der Waals surface area contributed by atoms with E-state index in [0.29, 0.717) is 5.75 Å². The van der Waals surface area contributed by atoms with Crippen LogP contribution in [-0.2, 0) is 9.53 Å². The molecule has 66 valence electrons. The van der Waals surface area contributed by atoms with Gasteiger partial charge in [0.05, 0.1) is 7.11 Å². The molecule has 0 aromatic heterocycles. The van der Waals surface area contributed by atoms with Crippen LogP contribution in [0.5, 0.6) is 0 Å². The van der Waals surface area contributed by atoms with Crippen molar-refractivity contribution in [1.82, 2.24) is 0 Å². The molecule has 0 aromatic rings. The van der Waals surface area contributed by atoms with Gasteiger partial charge in [0.25, 0.3) is 0 Å². The molecule has 0 radical (unpaired) electrons. The molecule has 0 aliphatic carbocycles. The average Bonchev–Trinajstić information content (AvgIpc) is 2.36. The average molecular weight is 198 g/mol. The molecule has 0 aromatic carbocycles. The van der Waals surface area contributed by atoms with Gasteiger partial charge < -0.3 is 10.5 Å². The molecule has 5 heteroatoms. The van der Waals surface area contributed by atoms with Gasteiger partial charge in [-0.15, -0.1) is 12.4 Å². The van der Waals surface area contributed by atoms with Crippen LogP contribution in [0.25, 0.3) is 0 Å². The van der Waals surface area contributed by atoms with Crippen molar-refractivity contribution in [3.8, 4) is 0 Å². The smallest absolute Gasteiger partial charge is 0.326 e. The second-order valence-electron chi connectivity index (χ2n) is 2.45. The molecule has 1 fully saturated rings. The summed E-state index contributed by atoms with van der Waals surface area (Å²) in [6.45, 7) is 0. The second-order valence-corrected chi connectivity index (χ2v) is 3.56. The molecule has 2 N–H and O–H groups in total. The molecule has 1 atom stereocenters. The fourth-order valence-electron chi connectivity index (χ4n) is 0.945. The zero-order chi connectivity index (χ0) is 7.61. The summed E-state index contributed by atoms with van der Waals surface area (Å²) in [6.07, 6.45) is 0.740. The fraction of sp³-hybridized carbons (Fsp3) is 0.833. The Morgan fingerprint density at radius 2 is 2.36 bits per heavy atom. The molecule has 3 nitrogen and oxygen atoms in total. The first-order valence-corrected chi connectivity index (χ1v) is 4.29. The zero-order valence-corrected chi connectivity index (χ0v) is 7.96. The third kappa shape index (κ3) is 2.25. The van der Waals surface area contributed by atoms with Gasteiger partial charge in [-0.25, -0.2) is 0 Å². The number of carbonyl (C=O) groups excluding carboxylic acids is 1. The van der Waals surface area contributed by atoms with Crippen LogP contribution in [0.3, 0.4) is 0 Å². The minimum absolute atomic E-state index is 0. The van der Waals surface area contributed by atoms with Crippen LogP contribution in [0.1, 0.15) is 6.42 Å². The third-order valence-electron chi connectivity index (χ3n) is 1.64. The van der Waals surface area contributed by atoms with E-state index in [-0.39, 0.29) is 18.4 Å². The van der Waals surface area contributed by atoms with Crippen LogP contribution in [0.2, 0.25) is 0 Å². The van der Waals surface area contributed by atoms with Crippen LogP contribution in [0.4, 0.5) is 0 Å². The van der Waals surface area contributed by atoms with Gasteiger partial charge in [-0.1, -0.05) is 0 Å². The first kappa shape index (κ1) is 11.1. The van der Waals surface area contributed by atoms with E-state index >= 15 is 0 Å². The van der Waals surface area contributed by atoms with Crippen LogP contribution in [-0.4, -0.2) is 30.1 Å². The minimum Gasteiger partial charge on any atom is -0.468 e. The number of carbonyl (C=O) groups is 1. The molecule has 0 spiro atoms. The largest absolute Gasteiger partial charge is 0.468 e. The maximum absolute atomic E-state index is 11.0. The lowest BCUT2D eigenvalue weighted by molar-refractivity contribution is -0.146. The summed E-state index contributed by atoms with van der Waals surface area (Å²) in [5.74, 6) is 1.38. The minimum atomic E-state index is -0.695. The zero-order valence-electron chi connectivity index (χ0n) is 6.33. The van der Waals surface area contributed by atoms with E-state index in [1.54, 1.807) is 11.8 Å². The van der Waals surface area contributed by atoms with E-state index in [2.05, 4.69) is 4.74 Å². The maximum Gasteiger partial charge on any atom is 0.326 e. The quantitative estimate of drug-likeness (QED) is 0.619. The van der Waals surface area contributed by atoms with Gasteiger partial charge in [0, 0.05) is 5.75 Å². The van der Waals surface area contributed by atoms with Gasteiger partial charge in [-0.3, -0.25) is 4.79 Å². The highest BCUT2D eigenvalue weighted by Crippen LogP contribution is 2.26. The molecular formula is C6H12ClNO2S. The van der Waals surface area contributed by atoms with Crippen LogP contribution < -0.4 is 5.73 Å². The van der Waals surface area contributed by atoms with Crippen molar-refractivity contribution in [3.05, 3.63) is 0 Å². The van der Waals surface area contributed by atoms with Gasteiger partial charge in [-0.2, -0.15) is 11.8 Å². The Balaban J connectivity index is 0.000001000. The van der Waals surface area contributed by atoms with Gasteiger partial charge >= 0.3 is 5.97 Å². The highest BCUT2D eigenvalue weighted by molar-refractivity contribution is 7.99. The Kier molecular flexibility index (Phi) is 4.21. The van der Waals surface area contributed by atoms with Crippen molar-refractivity contribution in [2.24, 2.45) is 5.73 Å². The maximum atomic E-state index is 11.0. The predicted molar refractivity (Wildman–Crippen MR) is 48.1 cm³/mol. The lowest BCUT2D eigenvalue weighted by atomic mass is 10.0. The van der Waals surface area contributed by atoms with Crippen molar-refractivity contribution in [3.63, 3.8) is 0 Å². The number of hydrogen-bond donors (Lipinski definition) is 1. The molecule has 1 heterocycles. The molecule has 0 bridgehead atoms. The van der Waals surface area contributed by atoms with E-state index in [1.165, 1.54) is 7.11 Å². The first-order chi connectivity index (χ1) is 4.69. The number of hydrogen-bond acceptors (Lipinski definition) is 4. The third-order valence-corrected chi connectivity index (χ3v) is 2.86. The molecular weight excluding hydrogens is 186 g/mol. The summed E-state index contributed by atoms with van der Waals surface area (Å²) in [5.41, 5.74) is 5.02. The topological polar surface area (TPSA) is 52.3 Å². The number of esters is 1. The van der Waals surface area contributed by atoms with Gasteiger partial charge in [0.15, 0.2) is 0 Å². The monoisotopic (exact) mass is 197 g/mol. The molecule has 11 heavy (non-hydrogen) atoms. The molecule has 1 unspecified atom stereocenters. The molecule has 1 aliphatic heterocycles. The number of methoxy groups -OCH3 is 1. The summed E-state index contributed by atoms with van der Waals surface area (Å²) in [4.78, 5) is 11.0. The summed E-state index contributed by atoms with van der Waals surface area (Å²) >= 11 is 1.70. The second kappa shape index (κ2) is 4.18. The van der Waals surface area contributed by atoms with E-state index in [9.17, 15) is 4.79 Å². The molecule has 0 saturated carbocycles. The molecule has 1 rings (SSSR count). The van der Waals surface area contributed by atoms with Crippen LogP contribution in [0.15, 0.2) is 0 Å². The lowest BCUT2D eigenvalue weighted by Crippen LogP contribution is -2.48. The van der Waals surface area contributed by atoms with Gasteiger partial charge in [-0.05, 0) is 12.2 Å². The van der Waals surface area contributed by atoms with Crippen molar-refractivity contribution in [2.75, 3.05) is 18.6 Å². The van der Waals surface area contributed by atoms with Gasteiger partial charge in [0.2, 0.25) is 0 Å². The summed E-state index contributed by atoms with van der Waals surface area (Å²) < 4.78 is 4.56. The predicted octanol–water partition coefficient (Wildman–Crippen LogP) is 0.416. The summed E-state index contributed by atoms with van der Waals surface area (Å²) in [7, 11) is 1.37. The number of ether oxygens (including phenoxy) is 1. The van der Waals surface area contributed by atoms with E-state index in [1.807, 2.05) is 0 Å².